The zero-order valence-corrected chi connectivity index (χ0v) is 18.6. The van der Waals surface area contributed by atoms with Crippen molar-refractivity contribution in [3.05, 3.63) is 53.3 Å². The molecule has 0 radical (unpaired) electrons. The maximum atomic E-state index is 11.6. The van der Waals surface area contributed by atoms with Gasteiger partial charge in [-0.3, -0.25) is 0 Å². The minimum atomic E-state index is -0.353. The molecule has 7 heteroatoms. The molecule has 0 spiro atoms. The fourth-order valence-corrected chi connectivity index (χ4v) is 3.90. The van der Waals surface area contributed by atoms with E-state index in [0.29, 0.717) is 22.9 Å². The second kappa shape index (κ2) is 9.68. The summed E-state index contributed by atoms with van der Waals surface area (Å²) in [5.74, 6) is 2.47. The lowest BCUT2D eigenvalue weighted by Crippen LogP contribution is -2.30. The lowest BCUT2D eigenvalue weighted by molar-refractivity contribution is 0.0600. The highest BCUT2D eigenvalue weighted by molar-refractivity contribution is 5.93. The van der Waals surface area contributed by atoms with Crippen LogP contribution in [-0.4, -0.2) is 50.4 Å². The Kier molecular flexibility index (Phi) is 6.54. The van der Waals surface area contributed by atoms with E-state index in [0.717, 1.165) is 48.2 Å². The van der Waals surface area contributed by atoms with Gasteiger partial charge in [-0.15, -0.1) is 0 Å². The van der Waals surface area contributed by atoms with Crippen molar-refractivity contribution in [2.24, 2.45) is 0 Å². The van der Waals surface area contributed by atoms with Crippen LogP contribution in [0.25, 0.3) is 23.1 Å². The largest absolute Gasteiger partial charge is 0.493 e. The third-order valence-corrected chi connectivity index (χ3v) is 5.61. The van der Waals surface area contributed by atoms with E-state index in [-0.39, 0.29) is 5.97 Å². The quantitative estimate of drug-likeness (QED) is 0.526. The standard InChI is InChI=1S/C25H27N3O4/c1-30-21-15-19-20(16-22(21)31-2)26-23(27-24(19)28-13-5-4-6-14-28)12-9-17-7-10-18(11-8-17)25(29)32-3/h7-12,15-16H,4-6,13-14H2,1-3H3/b12-9+. The second-order valence-electron chi connectivity index (χ2n) is 7.62. The van der Waals surface area contributed by atoms with Crippen LogP contribution in [0.1, 0.15) is 41.0 Å². The molecule has 4 rings (SSSR count). The molecule has 1 aromatic heterocycles. The van der Waals surface area contributed by atoms with Crippen LogP contribution in [-0.2, 0) is 4.74 Å². The molecular weight excluding hydrogens is 406 g/mol. The number of hydrogen-bond donors (Lipinski definition) is 0. The number of nitrogens with zero attached hydrogens (tertiary/aromatic N) is 3. The first-order valence-electron chi connectivity index (χ1n) is 10.7. The van der Waals surface area contributed by atoms with Crippen molar-refractivity contribution in [1.29, 1.82) is 0 Å². The Balaban J connectivity index is 1.73. The molecule has 1 aliphatic heterocycles. The number of fused-ring (bicyclic) bond motifs is 1. The predicted molar refractivity (Wildman–Crippen MR) is 125 cm³/mol. The molecule has 0 bridgehead atoms. The van der Waals surface area contributed by atoms with Crippen molar-refractivity contribution in [3.8, 4) is 11.5 Å². The van der Waals surface area contributed by atoms with Crippen LogP contribution in [0.3, 0.4) is 0 Å². The van der Waals surface area contributed by atoms with Gasteiger partial charge in [0.1, 0.15) is 5.82 Å². The highest BCUT2D eigenvalue weighted by Gasteiger charge is 2.19. The van der Waals surface area contributed by atoms with E-state index in [9.17, 15) is 4.79 Å². The Morgan fingerprint density at radius 2 is 1.59 bits per heavy atom. The number of ether oxygens (including phenoxy) is 3. The number of aromatic nitrogens is 2. The lowest BCUT2D eigenvalue weighted by atomic mass is 10.1. The van der Waals surface area contributed by atoms with E-state index in [1.165, 1.54) is 13.5 Å². The van der Waals surface area contributed by atoms with Crippen LogP contribution < -0.4 is 14.4 Å². The Morgan fingerprint density at radius 1 is 0.906 bits per heavy atom. The normalized spacial score (nSPS) is 14.0. The lowest BCUT2D eigenvalue weighted by Gasteiger charge is -2.29. The molecule has 0 unspecified atom stereocenters. The summed E-state index contributed by atoms with van der Waals surface area (Å²) in [6.45, 7) is 1.94. The van der Waals surface area contributed by atoms with Crippen LogP contribution in [0.15, 0.2) is 36.4 Å². The molecule has 2 heterocycles. The van der Waals surface area contributed by atoms with Gasteiger partial charge in [0.25, 0.3) is 0 Å². The Bertz CT molecular complexity index is 1140. The summed E-state index contributed by atoms with van der Waals surface area (Å²) in [5.41, 5.74) is 2.26. The van der Waals surface area contributed by atoms with E-state index in [1.807, 2.05) is 36.4 Å². The summed E-state index contributed by atoms with van der Waals surface area (Å²) in [6, 6.07) is 11.1. The van der Waals surface area contributed by atoms with Crippen molar-refractivity contribution in [3.63, 3.8) is 0 Å². The van der Waals surface area contributed by atoms with E-state index in [2.05, 4.69) is 4.90 Å². The monoisotopic (exact) mass is 433 g/mol. The molecule has 0 aliphatic carbocycles. The molecule has 0 atom stereocenters. The first-order chi connectivity index (χ1) is 15.6. The average molecular weight is 434 g/mol. The van der Waals surface area contributed by atoms with E-state index in [1.54, 1.807) is 26.4 Å². The minimum absolute atomic E-state index is 0.353. The van der Waals surface area contributed by atoms with Gasteiger partial charge >= 0.3 is 5.97 Å². The van der Waals surface area contributed by atoms with Crippen LogP contribution in [0.5, 0.6) is 11.5 Å². The topological polar surface area (TPSA) is 73.8 Å². The Labute approximate surface area is 187 Å². The molecule has 0 saturated carbocycles. The molecule has 1 saturated heterocycles. The number of methoxy groups -OCH3 is 3. The van der Waals surface area contributed by atoms with E-state index < -0.39 is 0 Å². The molecule has 0 N–H and O–H groups in total. The molecule has 7 nitrogen and oxygen atoms in total. The molecule has 32 heavy (non-hydrogen) atoms. The number of rotatable bonds is 6. The van der Waals surface area contributed by atoms with Crippen molar-refractivity contribution in [2.45, 2.75) is 19.3 Å². The molecule has 0 amide bonds. The zero-order chi connectivity index (χ0) is 22.5. The molecule has 1 aliphatic rings. The van der Waals surface area contributed by atoms with Crippen LogP contribution >= 0.6 is 0 Å². The first kappa shape index (κ1) is 21.6. The summed E-state index contributed by atoms with van der Waals surface area (Å²) < 4.78 is 15.7. The average Bonchev–Trinajstić information content (AvgIpc) is 2.86. The van der Waals surface area contributed by atoms with Crippen LogP contribution in [0.2, 0.25) is 0 Å². The van der Waals surface area contributed by atoms with E-state index in [4.69, 9.17) is 24.2 Å². The second-order valence-corrected chi connectivity index (χ2v) is 7.62. The summed E-state index contributed by atoms with van der Waals surface area (Å²) >= 11 is 0. The zero-order valence-electron chi connectivity index (χ0n) is 18.6. The first-order valence-corrected chi connectivity index (χ1v) is 10.7. The van der Waals surface area contributed by atoms with Gasteiger partial charge in [0.05, 0.1) is 32.4 Å². The van der Waals surface area contributed by atoms with Crippen molar-refractivity contribution < 1.29 is 19.0 Å². The molecular formula is C25H27N3O4. The SMILES string of the molecule is COC(=O)c1ccc(/C=C/c2nc(N3CCCCC3)c3cc(OC)c(OC)cc3n2)cc1. The molecule has 166 valence electrons. The van der Waals surface area contributed by atoms with Crippen LogP contribution in [0, 0.1) is 0 Å². The number of hydrogen-bond acceptors (Lipinski definition) is 7. The van der Waals surface area contributed by atoms with Gasteiger partial charge < -0.3 is 19.1 Å². The van der Waals surface area contributed by atoms with Gasteiger partial charge in [-0.25, -0.2) is 14.8 Å². The number of carbonyl (C=O) groups excluding carboxylic acids is 1. The number of benzene rings is 2. The fourth-order valence-electron chi connectivity index (χ4n) is 3.90. The predicted octanol–water partition coefficient (Wildman–Crippen LogP) is 4.59. The minimum Gasteiger partial charge on any atom is -0.493 e. The number of piperidine rings is 1. The van der Waals surface area contributed by atoms with Crippen molar-refractivity contribution in [2.75, 3.05) is 39.3 Å². The van der Waals surface area contributed by atoms with Crippen molar-refractivity contribution in [1.82, 2.24) is 9.97 Å². The summed E-state index contributed by atoms with van der Waals surface area (Å²) in [4.78, 5) is 23.6. The number of anilines is 1. The molecule has 3 aromatic rings. The highest BCUT2D eigenvalue weighted by Crippen LogP contribution is 2.36. The molecule has 1 fully saturated rings. The smallest absolute Gasteiger partial charge is 0.337 e. The van der Waals surface area contributed by atoms with Gasteiger partial charge in [-0.1, -0.05) is 18.2 Å². The third-order valence-electron chi connectivity index (χ3n) is 5.61. The number of carbonyl (C=O) groups is 1. The number of esters is 1. The van der Waals surface area contributed by atoms with Gasteiger partial charge in [0, 0.05) is 24.5 Å². The third kappa shape index (κ3) is 4.51. The van der Waals surface area contributed by atoms with Crippen LogP contribution in [0.4, 0.5) is 5.82 Å². The summed E-state index contributed by atoms with van der Waals surface area (Å²) in [7, 11) is 4.63. The summed E-state index contributed by atoms with van der Waals surface area (Å²) in [6.07, 6.45) is 7.36. The van der Waals surface area contributed by atoms with Gasteiger partial charge in [-0.2, -0.15) is 0 Å². The van der Waals surface area contributed by atoms with Gasteiger partial charge in [0.15, 0.2) is 17.3 Å². The maximum absolute atomic E-state index is 11.6. The summed E-state index contributed by atoms with van der Waals surface area (Å²) in [5, 5.41) is 0.948. The Morgan fingerprint density at radius 3 is 2.25 bits per heavy atom. The van der Waals surface area contributed by atoms with Gasteiger partial charge in [-0.05, 0) is 49.1 Å². The Hall–Kier alpha value is -3.61. The van der Waals surface area contributed by atoms with E-state index >= 15 is 0 Å². The van der Waals surface area contributed by atoms with Crippen molar-refractivity contribution >= 4 is 34.8 Å². The molecule has 2 aromatic carbocycles. The fraction of sp³-hybridized carbons (Fsp3) is 0.320. The highest BCUT2D eigenvalue weighted by atomic mass is 16.5. The maximum Gasteiger partial charge on any atom is 0.337 e. The van der Waals surface area contributed by atoms with Gasteiger partial charge in [0.2, 0.25) is 0 Å².